The summed E-state index contributed by atoms with van der Waals surface area (Å²) in [6, 6.07) is 0. The van der Waals surface area contributed by atoms with Crippen LogP contribution in [0.3, 0.4) is 0 Å². The molecular formula is C20H30N2O4. The quantitative estimate of drug-likeness (QED) is 0.527. The molecule has 1 saturated carbocycles. The molecule has 1 heterocycles. The molecule has 26 heavy (non-hydrogen) atoms. The van der Waals surface area contributed by atoms with Crippen LogP contribution in [0.5, 0.6) is 0 Å². The van der Waals surface area contributed by atoms with Gasteiger partial charge in [0.2, 0.25) is 5.91 Å². The van der Waals surface area contributed by atoms with E-state index in [1.165, 1.54) is 0 Å². The highest BCUT2D eigenvalue weighted by molar-refractivity contribution is 6.04. The SMILES string of the molecule is CCOC(=O)c1c(C)c(C(=O)CN(CC2CC2)C(=O)C(C)C)c(C)n1C. The number of nitrogens with zero attached hydrogens (tertiary/aromatic N) is 2. The minimum absolute atomic E-state index is 0.00195. The summed E-state index contributed by atoms with van der Waals surface area (Å²) in [5.74, 6) is -0.182. The zero-order valence-electron chi connectivity index (χ0n) is 16.7. The molecule has 1 aliphatic carbocycles. The van der Waals surface area contributed by atoms with Gasteiger partial charge >= 0.3 is 5.97 Å². The van der Waals surface area contributed by atoms with Crippen molar-refractivity contribution in [3.8, 4) is 0 Å². The third-order valence-electron chi connectivity index (χ3n) is 4.99. The van der Waals surface area contributed by atoms with Crippen LogP contribution in [-0.4, -0.2) is 46.8 Å². The lowest BCUT2D eigenvalue weighted by Gasteiger charge is -2.24. The van der Waals surface area contributed by atoms with Gasteiger partial charge in [0.05, 0.1) is 13.2 Å². The lowest BCUT2D eigenvalue weighted by Crippen LogP contribution is -2.39. The van der Waals surface area contributed by atoms with Crippen LogP contribution in [0.25, 0.3) is 0 Å². The minimum Gasteiger partial charge on any atom is -0.461 e. The van der Waals surface area contributed by atoms with E-state index < -0.39 is 5.97 Å². The van der Waals surface area contributed by atoms with Crippen molar-refractivity contribution in [2.24, 2.45) is 18.9 Å². The minimum atomic E-state index is -0.428. The van der Waals surface area contributed by atoms with Crippen LogP contribution < -0.4 is 0 Å². The summed E-state index contributed by atoms with van der Waals surface area (Å²) in [5.41, 5.74) is 2.26. The number of aromatic nitrogens is 1. The van der Waals surface area contributed by atoms with Crippen molar-refractivity contribution >= 4 is 17.7 Å². The van der Waals surface area contributed by atoms with E-state index in [-0.39, 0.29) is 30.8 Å². The predicted octanol–water partition coefficient (Wildman–Crippen LogP) is 2.90. The van der Waals surface area contributed by atoms with Gasteiger partial charge in [0.25, 0.3) is 0 Å². The molecule has 0 unspecified atom stereocenters. The van der Waals surface area contributed by atoms with Crippen molar-refractivity contribution in [2.75, 3.05) is 19.7 Å². The Kier molecular flexibility index (Phi) is 6.26. The maximum atomic E-state index is 13.0. The van der Waals surface area contributed by atoms with Crippen LogP contribution in [0.15, 0.2) is 0 Å². The maximum Gasteiger partial charge on any atom is 0.355 e. The second-order valence-corrected chi connectivity index (χ2v) is 7.45. The maximum absolute atomic E-state index is 13.0. The summed E-state index contributed by atoms with van der Waals surface area (Å²) in [6.45, 7) is 10.0. The number of Topliss-reactive ketones (excluding diaryl/α,β-unsaturated/α-hetero) is 1. The van der Waals surface area contributed by atoms with Crippen molar-refractivity contribution in [1.82, 2.24) is 9.47 Å². The molecule has 0 aliphatic heterocycles. The summed E-state index contributed by atoms with van der Waals surface area (Å²) < 4.78 is 6.82. The van der Waals surface area contributed by atoms with Crippen molar-refractivity contribution in [3.05, 3.63) is 22.5 Å². The van der Waals surface area contributed by atoms with E-state index in [4.69, 9.17) is 4.74 Å². The fourth-order valence-electron chi connectivity index (χ4n) is 3.34. The number of ether oxygens (including phenoxy) is 1. The third-order valence-corrected chi connectivity index (χ3v) is 4.99. The molecule has 0 radical (unpaired) electrons. The number of hydrogen-bond donors (Lipinski definition) is 0. The normalized spacial score (nSPS) is 13.8. The van der Waals surface area contributed by atoms with Crippen LogP contribution in [0.1, 0.15) is 65.7 Å². The number of rotatable bonds is 8. The third kappa shape index (κ3) is 4.17. The smallest absolute Gasteiger partial charge is 0.355 e. The summed E-state index contributed by atoms with van der Waals surface area (Å²) >= 11 is 0. The van der Waals surface area contributed by atoms with E-state index in [0.29, 0.717) is 29.3 Å². The van der Waals surface area contributed by atoms with E-state index in [1.807, 2.05) is 20.8 Å². The molecule has 2 rings (SSSR count). The van der Waals surface area contributed by atoms with E-state index in [2.05, 4.69) is 0 Å². The Morgan fingerprint density at radius 1 is 1.23 bits per heavy atom. The monoisotopic (exact) mass is 362 g/mol. The predicted molar refractivity (Wildman–Crippen MR) is 99.3 cm³/mol. The fourth-order valence-corrected chi connectivity index (χ4v) is 3.34. The van der Waals surface area contributed by atoms with Crippen molar-refractivity contribution in [1.29, 1.82) is 0 Å². The molecule has 1 aromatic rings. The van der Waals surface area contributed by atoms with Gasteiger partial charge in [0.15, 0.2) is 5.78 Å². The Bertz CT molecular complexity index is 714. The van der Waals surface area contributed by atoms with Gasteiger partial charge < -0.3 is 14.2 Å². The Morgan fingerprint density at radius 3 is 2.35 bits per heavy atom. The van der Waals surface area contributed by atoms with Gasteiger partial charge in [-0.05, 0) is 45.1 Å². The van der Waals surface area contributed by atoms with E-state index in [0.717, 1.165) is 18.5 Å². The second-order valence-electron chi connectivity index (χ2n) is 7.45. The van der Waals surface area contributed by atoms with Gasteiger partial charge in [-0.2, -0.15) is 0 Å². The first-order valence-corrected chi connectivity index (χ1v) is 9.33. The highest BCUT2D eigenvalue weighted by Gasteiger charge is 2.31. The zero-order chi connectivity index (χ0) is 19.6. The summed E-state index contributed by atoms with van der Waals surface area (Å²) in [6.07, 6.45) is 2.24. The van der Waals surface area contributed by atoms with Crippen molar-refractivity contribution in [2.45, 2.75) is 47.5 Å². The standard InChI is InChI=1S/C20H30N2O4/c1-7-26-20(25)18-13(4)17(14(5)21(18)6)16(23)11-22(10-15-8-9-15)19(24)12(2)3/h12,15H,7-11H2,1-6H3. The summed E-state index contributed by atoms with van der Waals surface area (Å²) in [7, 11) is 1.76. The van der Waals surface area contributed by atoms with Gasteiger partial charge in [-0.1, -0.05) is 13.8 Å². The molecule has 6 heteroatoms. The van der Waals surface area contributed by atoms with Gasteiger partial charge in [0, 0.05) is 30.8 Å². The molecule has 0 bridgehead atoms. The first kappa shape index (κ1) is 20.2. The second kappa shape index (κ2) is 8.06. The molecule has 0 aromatic carbocycles. The molecule has 1 fully saturated rings. The molecular weight excluding hydrogens is 332 g/mol. The topological polar surface area (TPSA) is 68.6 Å². The first-order valence-electron chi connectivity index (χ1n) is 9.33. The lowest BCUT2D eigenvalue weighted by molar-refractivity contribution is -0.134. The number of ketones is 1. The molecule has 144 valence electrons. The van der Waals surface area contributed by atoms with E-state index >= 15 is 0 Å². The zero-order valence-corrected chi connectivity index (χ0v) is 16.7. The Balaban J connectivity index is 2.28. The van der Waals surface area contributed by atoms with Crippen LogP contribution in [0, 0.1) is 25.7 Å². The number of carbonyl (C=O) groups is 3. The summed E-state index contributed by atoms with van der Waals surface area (Å²) in [4.78, 5) is 39.4. The molecule has 0 atom stereocenters. The van der Waals surface area contributed by atoms with Gasteiger partial charge in [-0.15, -0.1) is 0 Å². The average molecular weight is 362 g/mol. The molecule has 1 aromatic heterocycles. The van der Waals surface area contributed by atoms with Crippen molar-refractivity contribution in [3.63, 3.8) is 0 Å². The molecule has 1 aliphatic rings. The molecule has 0 spiro atoms. The van der Waals surface area contributed by atoms with Crippen LogP contribution >= 0.6 is 0 Å². The Morgan fingerprint density at radius 2 is 1.85 bits per heavy atom. The highest BCUT2D eigenvalue weighted by atomic mass is 16.5. The highest BCUT2D eigenvalue weighted by Crippen LogP contribution is 2.30. The summed E-state index contributed by atoms with van der Waals surface area (Å²) in [5, 5.41) is 0. The Hall–Kier alpha value is -2.11. The number of esters is 1. The largest absolute Gasteiger partial charge is 0.461 e. The lowest BCUT2D eigenvalue weighted by atomic mass is 10.0. The molecule has 6 nitrogen and oxygen atoms in total. The van der Waals surface area contributed by atoms with Gasteiger partial charge in [-0.3, -0.25) is 9.59 Å². The first-order chi connectivity index (χ1) is 12.2. The average Bonchev–Trinajstić information content (AvgIpc) is 3.34. The number of hydrogen-bond acceptors (Lipinski definition) is 4. The van der Waals surface area contributed by atoms with Gasteiger partial charge in [-0.25, -0.2) is 4.79 Å². The van der Waals surface area contributed by atoms with Crippen LogP contribution in [-0.2, 0) is 16.6 Å². The molecule has 0 N–H and O–H groups in total. The van der Waals surface area contributed by atoms with Crippen LogP contribution in [0.2, 0.25) is 0 Å². The molecule has 0 saturated heterocycles. The Labute approximate surface area is 155 Å². The number of carbonyl (C=O) groups excluding carboxylic acids is 3. The fraction of sp³-hybridized carbons (Fsp3) is 0.650. The van der Waals surface area contributed by atoms with Crippen LogP contribution in [0.4, 0.5) is 0 Å². The van der Waals surface area contributed by atoms with Crippen molar-refractivity contribution < 1.29 is 19.1 Å². The van der Waals surface area contributed by atoms with E-state index in [1.54, 1.807) is 30.4 Å². The molecule has 1 amide bonds. The van der Waals surface area contributed by atoms with Gasteiger partial charge in [0.1, 0.15) is 5.69 Å². The van der Waals surface area contributed by atoms with E-state index in [9.17, 15) is 14.4 Å². The number of amides is 1.